The molecule has 13 N–H and O–H groups in total. The van der Waals surface area contributed by atoms with Gasteiger partial charge >= 0.3 is 11.9 Å². The van der Waals surface area contributed by atoms with E-state index < -0.39 is 90.8 Å². The summed E-state index contributed by atoms with van der Waals surface area (Å²) < 4.78 is 0. The predicted octanol–water partition coefficient (Wildman–Crippen LogP) is -4.88. The summed E-state index contributed by atoms with van der Waals surface area (Å²) in [5.74, 6) is -8.61. The van der Waals surface area contributed by atoms with Crippen LogP contribution in [0.3, 0.4) is 0 Å². The van der Waals surface area contributed by atoms with Gasteiger partial charge in [0.1, 0.15) is 18.1 Å². The van der Waals surface area contributed by atoms with Crippen molar-refractivity contribution in [3.63, 3.8) is 0 Å². The zero-order valence-corrected chi connectivity index (χ0v) is 19.2. The van der Waals surface area contributed by atoms with Crippen molar-refractivity contribution in [2.45, 2.75) is 69.1 Å². The lowest BCUT2D eigenvalue weighted by Crippen LogP contribution is -2.57. The van der Waals surface area contributed by atoms with E-state index in [9.17, 15) is 43.5 Å². The maximum atomic E-state index is 12.7. The maximum absolute atomic E-state index is 12.7. The fraction of sp³-hybridized carbons (Fsp3) is 0.579. The number of carboxylic acids is 2. The monoisotopic (exact) mass is 517 g/mol. The second-order valence-electron chi connectivity index (χ2n) is 7.74. The highest BCUT2D eigenvalue weighted by atomic mass is 16.4. The Hall–Kier alpha value is -4.28. The number of carbonyl (C=O) groups excluding carboxylic acids is 6. The molecule has 0 aromatic rings. The topological polar surface area (TPSA) is 317 Å². The van der Waals surface area contributed by atoms with Crippen LogP contribution < -0.4 is 38.9 Å². The van der Waals surface area contributed by atoms with E-state index in [2.05, 4.69) is 16.0 Å². The fourth-order valence-corrected chi connectivity index (χ4v) is 2.74. The van der Waals surface area contributed by atoms with Crippen molar-refractivity contribution in [1.29, 1.82) is 0 Å². The van der Waals surface area contributed by atoms with E-state index in [0.717, 1.165) is 0 Å². The molecule has 17 nitrogen and oxygen atoms in total. The minimum Gasteiger partial charge on any atom is -0.481 e. The van der Waals surface area contributed by atoms with Gasteiger partial charge in [-0.25, -0.2) is 4.79 Å². The number of aliphatic carboxylic acids is 2. The maximum Gasteiger partial charge on any atom is 0.326 e. The van der Waals surface area contributed by atoms with E-state index in [-0.39, 0.29) is 25.7 Å². The van der Waals surface area contributed by atoms with Crippen molar-refractivity contribution in [3.05, 3.63) is 0 Å². The molecule has 4 atom stereocenters. The molecule has 0 aromatic heterocycles. The Kier molecular flexibility index (Phi) is 13.7. The minimum atomic E-state index is -1.64. The van der Waals surface area contributed by atoms with Crippen LogP contribution in [0.2, 0.25) is 0 Å². The number of rotatable bonds is 18. The van der Waals surface area contributed by atoms with Gasteiger partial charge < -0.3 is 49.1 Å². The van der Waals surface area contributed by atoms with Crippen LogP contribution in [-0.4, -0.2) is 81.8 Å². The minimum absolute atomic E-state index is 0.169. The van der Waals surface area contributed by atoms with Gasteiger partial charge in [0.05, 0.1) is 12.5 Å². The summed E-state index contributed by atoms with van der Waals surface area (Å²) in [5, 5.41) is 24.5. The van der Waals surface area contributed by atoms with Crippen molar-refractivity contribution >= 4 is 47.4 Å². The first-order valence-electron chi connectivity index (χ1n) is 10.6. The van der Waals surface area contributed by atoms with Crippen molar-refractivity contribution in [3.8, 4) is 0 Å². The number of hydrogen-bond donors (Lipinski definition) is 9. The van der Waals surface area contributed by atoms with Gasteiger partial charge in [0.25, 0.3) is 0 Å². The van der Waals surface area contributed by atoms with Crippen LogP contribution >= 0.6 is 0 Å². The number of nitrogens with two attached hydrogens (primary N) is 4. The largest absolute Gasteiger partial charge is 0.481 e. The third kappa shape index (κ3) is 13.4. The van der Waals surface area contributed by atoms with Gasteiger partial charge in [0.15, 0.2) is 0 Å². The van der Waals surface area contributed by atoms with Gasteiger partial charge in [-0.15, -0.1) is 0 Å². The molecule has 0 fully saturated rings. The molecule has 0 rings (SSSR count). The Morgan fingerprint density at radius 3 is 1.50 bits per heavy atom. The first-order chi connectivity index (χ1) is 16.6. The van der Waals surface area contributed by atoms with E-state index in [4.69, 9.17) is 28.0 Å². The van der Waals surface area contributed by atoms with Crippen LogP contribution in [0.15, 0.2) is 0 Å². The average Bonchev–Trinajstić information content (AvgIpc) is 2.75. The first kappa shape index (κ1) is 31.7. The molecule has 0 bridgehead atoms. The molecule has 0 spiro atoms. The van der Waals surface area contributed by atoms with Gasteiger partial charge in [-0.1, -0.05) is 0 Å². The normalized spacial score (nSPS) is 13.8. The van der Waals surface area contributed by atoms with Crippen molar-refractivity contribution in [2.75, 3.05) is 0 Å². The Balaban J connectivity index is 5.59. The summed E-state index contributed by atoms with van der Waals surface area (Å²) in [5.41, 5.74) is 20.7. The van der Waals surface area contributed by atoms with E-state index in [1.807, 2.05) is 0 Å². The summed E-state index contributed by atoms with van der Waals surface area (Å²) in [6.07, 6.45) is -3.02. The molecule has 0 radical (unpaired) electrons. The number of hydrogen-bond acceptors (Lipinski definition) is 9. The molecule has 0 aliphatic heterocycles. The number of amides is 6. The Bertz CT molecular complexity index is 879. The van der Waals surface area contributed by atoms with Crippen LogP contribution in [0.5, 0.6) is 0 Å². The van der Waals surface area contributed by atoms with Crippen LogP contribution in [0.4, 0.5) is 0 Å². The molecule has 0 saturated carbocycles. The molecule has 0 saturated heterocycles. The highest BCUT2D eigenvalue weighted by Crippen LogP contribution is 2.05. The smallest absolute Gasteiger partial charge is 0.326 e. The lowest BCUT2D eigenvalue weighted by molar-refractivity contribution is -0.143. The number of nitrogens with one attached hydrogen (secondary N) is 3. The quantitative estimate of drug-likeness (QED) is 0.0829. The van der Waals surface area contributed by atoms with Crippen LogP contribution in [0.25, 0.3) is 0 Å². The summed E-state index contributed by atoms with van der Waals surface area (Å²) in [7, 11) is 0. The second-order valence-corrected chi connectivity index (χ2v) is 7.74. The van der Waals surface area contributed by atoms with E-state index in [1.165, 1.54) is 0 Å². The highest BCUT2D eigenvalue weighted by molar-refractivity contribution is 5.96. The molecule has 0 heterocycles. The standard InChI is InChI=1S/C19H31N7O10/c20-8(1-4-12(21)27)16(32)26-11(7-14(23)29)18(34)24-9(3-6-15(30)31)17(33)25-10(19(35)36)2-5-13(22)28/h8-11H,1-7,20H2,(H2,21,27)(H2,22,28)(H2,23,29)(H,24,34)(H,25,33)(H,26,32)(H,30,31)(H,35,36). The molecule has 4 unspecified atom stereocenters. The van der Waals surface area contributed by atoms with Crippen molar-refractivity contribution in [2.24, 2.45) is 22.9 Å². The molecule has 17 heteroatoms. The van der Waals surface area contributed by atoms with Gasteiger partial charge in [-0.3, -0.25) is 33.6 Å². The highest BCUT2D eigenvalue weighted by Gasteiger charge is 2.31. The average molecular weight is 517 g/mol. The predicted molar refractivity (Wildman–Crippen MR) is 119 cm³/mol. The van der Waals surface area contributed by atoms with E-state index >= 15 is 0 Å². The molecule has 36 heavy (non-hydrogen) atoms. The second kappa shape index (κ2) is 15.6. The summed E-state index contributed by atoms with van der Waals surface area (Å²) in [6, 6.07) is -6.12. The molecular formula is C19H31N7O10. The van der Waals surface area contributed by atoms with Crippen LogP contribution in [0, 0.1) is 0 Å². The first-order valence-corrected chi connectivity index (χ1v) is 10.6. The number of primary amides is 3. The molecular weight excluding hydrogens is 486 g/mol. The Labute approximate surface area is 204 Å². The molecule has 0 aliphatic carbocycles. The van der Waals surface area contributed by atoms with Crippen LogP contribution in [-0.2, 0) is 38.4 Å². The van der Waals surface area contributed by atoms with E-state index in [1.54, 1.807) is 0 Å². The third-order valence-electron chi connectivity index (χ3n) is 4.65. The summed E-state index contributed by atoms with van der Waals surface area (Å²) in [6.45, 7) is 0. The summed E-state index contributed by atoms with van der Waals surface area (Å²) >= 11 is 0. The SMILES string of the molecule is NC(=O)CCC(N)C(=O)NC(CC(N)=O)C(=O)NC(CCC(=O)O)C(=O)NC(CCC(N)=O)C(=O)O. The van der Waals surface area contributed by atoms with Crippen molar-refractivity contribution < 1.29 is 48.6 Å². The number of carbonyl (C=O) groups is 8. The van der Waals surface area contributed by atoms with Gasteiger partial charge in [-0.05, 0) is 19.3 Å². The molecule has 0 aromatic carbocycles. The Morgan fingerprint density at radius 2 is 1.03 bits per heavy atom. The fourth-order valence-electron chi connectivity index (χ4n) is 2.74. The van der Waals surface area contributed by atoms with E-state index in [0.29, 0.717) is 0 Å². The van der Waals surface area contributed by atoms with Crippen molar-refractivity contribution in [1.82, 2.24) is 16.0 Å². The third-order valence-corrected chi connectivity index (χ3v) is 4.65. The van der Waals surface area contributed by atoms with Gasteiger partial charge in [0, 0.05) is 19.3 Å². The molecule has 0 aliphatic rings. The van der Waals surface area contributed by atoms with Gasteiger partial charge in [0.2, 0.25) is 35.4 Å². The zero-order chi connectivity index (χ0) is 28.0. The zero-order valence-electron chi connectivity index (χ0n) is 19.2. The summed E-state index contributed by atoms with van der Waals surface area (Å²) in [4.78, 5) is 93.2. The lowest BCUT2D eigenvalue weighted by atomic mass is 10.1. The molecule has 202 valence electrons. The molecule has 6 amide bonds. The Morgan fingerprint density at radius 1 is 0.583 bits per heavy atom. The lowest BCUT2D eigenvalue weighted by Gasteiger charge is -2.24. The number of carboxylic acid groups (broad SMARTS) is 2. The van der Waals surface area contributed by atoms with Crippen LogP contribution in [0.1, 0.15) is 44.9 Å². The van der Waals surface area contributed by atoms with Gasteiger partial charge in [-0.2, -0.15) is 0 Å².